The molecule has 0 bridgehead atoms. The Balaban J connectivity index is 1.29. The van der Waals surface area contributed by atoms with Crippen LogP contribution in [-0.4, -0.2) is 50.6 Å². The highest BCUT2D eigenvalue weighted by Gasteiger charge is 2.33. The third kappa shape index (κ3) is 6.63. The van der Waals surface area contributed by atoms with E-state index in [1.165, 1.54) is 0 Å². The van der Waals surface area contributed by atoms with Crippen molar-refractivity contribution in [1.82, 2.24) is 25.5 Å². The Morgan fingerprint density at radius 2 is 1.89 bits per heavy atom. The Kier molecular flexibility index (Phi) is 8.25. The predicted molar refractivity (Wildman–Crippen MR) is 141 cm³/mol. The summed E-state index contributed by atoms with van der Waals surface area (Å²) in [6.45, 7) is 8.75. The molecule has 0 saturated heterocycles. The number of aryl methyl sites for hydroxylation is 1. The maximum Gasteiger partial charge on any atom is 0.407 e. The van der Waals surface area contributed by atoms with E-state index in [1.807, 2.05) is 52.0 Å². The Bertz CT molecular complexity index is 1160. The fourth-order valence-corrected chi connectivity index (χ4v) is 4.92. The summed E-state index contributed by atoms with van der Waals surface area (Å²) in [6.07, 6.45) is 3.07. The molecule has 0 radical (unpaired) electrons. The number of imidazole rings is 1. The van der Waals surface area contributed by atoms with Gasteiger partial charge in [0.05, 0.1) is 6.33 Å². The molecule has 2 aromatic rings. The lowest BCUT2D eigenvalue weighted by Gasteiger charge is -2.33. The molecule has 4 N–H and O–H groups in total. The van der Waals surface area contributed by atoms with E-state index in [9.17, 15) is 19.5 Å². The van der Waals surface area contributed by atoms with Crippen molar-refractivity contribution in [2.24, 2.45) is 5.92 Å². The van der Waals surface area contributed by atoms with Crippen LogP contribution in [-0.2, 0) is 29.2 Å². The van der Waals surface area contributed by atoms with Gasteiger partial charge in [0, 0.05) is 31.6 Å². The molecule has 3 amide bonds. The van der Waals surface area contributed by atoms with Crippen LogP contribution in [0, 0.1) is 5.92 Å². The van der Waals surface area contributed by atoms with E-state index in [-0.39, 0.29) is 23.8 Å². The van der Waals surface area contributed by atoms with Crippen LogP contribution in [0.1, 0.15) is 75.0 Å². The van der Waals surface area contributed by atoms with Crippen LogP contribution in [0.25, 0.3) is 0 Å². The molecule has 11 heteroatoms. The van der Waals surface area contributed by atoms with Gasteiger partial charge in [0.1, 0.15) is 5.60 Å². The molecule has 3 atom stereocenters. The second-order valence-electron chi connectivity index (χ2n) is 10.9. The number of aromatic nitrogens is 2. The minimum absolute atomic E-state index is 0.0176. The molecule has 1 aliphatic carbocycles. The molecule has 1 fully saturated rings. The zero-order chi connectivity index (χ0) is 27.4. The zero-order valence-electron chi connectivity index (χ0n) is 22.5. The van der Waals surface area contributed by atoms with Gasteiger partial charge in [-0.1, -0.05) is 30.7 Å². The van der Waals surface area contributed by atoms with Crippen molar-refractivity contribution in [2.45, 2.75) is 91.0 Å². The number of benzene rings is 1. The van der Waals surface area contributed by atoms with Crippen molar-refractivity contribution >= 4 is 23.7 Å². The third-order valence-electron chi connectivity index (χ3n) is 6.81. The third-order valence-corrected chi connectivity index (χ3v) is 6.81. The molecular formula is C27H38N6O5. The van der Waals surface area contributed by atoms with Gasteiger partial charge < -0.3 is 35.3 Å². The van der Waals surface area contributed by atoms with E-state index in [2.05, 4.69) is 20.9 Å². The largest absolute Gasteiger partial charge is 0.444 e. The first-order valence-electron chi connectivity index (χ1n) is 13.2. The Labute approximate surface area is 222 Å². The molecule has 0 spiro atoms. The van der Waals surface area contributed by atoms with Crippen molar-refractivity contribution in [3.63, 3.8) is 0 Å². The molecule has 206 valence electrons. The average molecular weight is 527 g/mol. The Hall–Kier alpha value is -3.60. The van der Waals surface area contributed by atoms with Crippen LogP contribution in [0.2, 0.25) is 0 Å². The van der Waals surface area contributed by atoms with Crippen LogP contribution in [0.3, 0.4) is 0 Å². The molecule has 1 aromatic heterocycles. The van der Waals surface area contributed by atoms with Gasteiger partial charge in [-0.3, -0.25) is 9.59 Å². The van der Waals surface area contributed by atoms with Gasteiger partial charge >= 0.3 is 6.09 Å². The lowest BCUT2D eigenvalue weighted by atomic mass is 9.85. The van der Waals surface area contributed by atoms with Crippen molar-refractivity contribution < 1.29 is 24.2 Å². The summed E-state index contributed by atoms with van der Waals surface area (Å²) in [7, 11) is 0. The summed E-state index contributed by atoms with van der Waals surface area (Å²) in [4.78, 5) is 43.2. The number of anilines is 1. The molecular weight excluding hydrogens is 488 g/mol. The minimum atomic E-state index is -1.17. The van der Waals surface area contributed by atoms with Crippen molar-refractivity contribution in [2.75, 3.05) is 4.90 Å². The van der Waals surface area contributed by atoms with E-state index >= 15 is 0 Å². The van der Waals surface area contributed by atoms with Gasteiger partial charge in [0.25, 0.3) is 5.91 Å². The quantitative estimate of drug-likeness (QED) is 0.435. The van der Waals surface area contributed by atoms with Gasteiger partial charge in [0.15, 0.2) is 11.5 Å². The van der Waals surface area contributed by atoms with Gasteiger partial charge in [-0.25, -0.2) is 9.78 Å². The fourth-order valence-electron chi connectivity index (χ4n) is 4.92. The number of fused-ring (bicyclic) bond motifs is 1. The smallest absolute Gasteiger partial charge is 0.407 e. The zero-order valence-corrected chi connectivity index (χ0v) is 22.5. The van der Waals surface area contributed by atoms with E-state index in [1.54, 1.807) is 15.8 Å². The number of aliphatic hydroxyl groups excluding tert-OH is 1. The first kappa shape index (κ1) is 27.4. The summed E-state index contributed by atoms with van der Waals surface area (Å²) in [5, 5.41) is 18.9. The number of hydrogen-bond donors (Lipinski definition) is 4. The summed E-state index contributed by atoms with van der Waals surface area (Å²) in [6, 6.07) is 7.66. The number of ether oxygens (including phenoxy) is 1. The first-order valence-corrected chi connectivity index (χ1v) is 13.2. The van der Waals surface area contributed by atoms with Crippen molar-refractivity contribution in [3.8, 4) is 0 Å². The van der Waals surface area contributed by atoms with Crippen molar-refractivity contribution in [1.29, 1.82) is 0 Å². The summed E-state index contributed by atoms with van der Waals surface area (Å²) < 4.78 is 7.09. The number of aliphatic hydroxyl groups is 1. The van der Waals surface area contributed by atoms with Gasteiger partial charge in [-0.2, -0.15) is 0 Å². The fraction of sp³-hybridized carbons (Fsp3) is 0.556. The Morgan fingerprint density at radius 3 is 2.58 bits per heavy atom. The topological polar surface area (TPSA) is 138 Å². The van der Waals surface area contributed by atoms with E-state index in [4.69, 9.17) is 4.74 Å². The normalized spacial score (nSPS) is 21.3. The molecule has 38 heavy (non-hydrogen) atoms. The van der Waals surface area contributed by atoms with Gasteiger partial charge in [-0.15, -0.1) is 0 Å². The molecule has 1 saturated carbocycles. The standard InChI is InChI=1S/C27H38N6O5/c1-5-32-16-29-22-21(32)24(35)31-25(36)33(22)15-18-11-9-17(10-12-18)14-28-23(34)19-7-6-8-20(13-19)30-26(37)38-27(2,3)4/h9-12,16,19-20,25,36H,5-8,13-15H2,1-4H3,(H,28,34)(H,30,37)(H,31,35)/t19-,20+,25?/m1/s1. The van der Waals surface area contributed by atoms with E-state index in [0.29, 0.717) is 37.6 Å². The van der Waals surface area contributed by atoms with Crippen LogP contribution in [0.4, 0.5) is 10.6 Å². The average Bonchev–Trinajstić information content (AvgIpc) is 3.29. The van der Waals surface area contributed by atoms with E-state index in [0.717, 1.165) is 30.4 Å². The molecule has 2 aliphatic rings. The second kappa shape index (κ2) is 11.4. The summed E-state index contributed by atoms with van der Waals surface area (Å²) >= 11 is 0. The first-order chi connectivity index (χ1) is 18.0. The van der Waals surface area contributed by atoms with Crippen LogP contribution in [0.15, 0.2) is 30.6 Å². The monoisotopic (exact) mass is 526 g/mol. The molecule has 11 nitrogen and oxygen atoms in total. The molecule has 1 unspecified atom stereocenters. The number of nitrogens with zero attached hydrogens (tertiary/aromatic N) is 3. The highest BCUT2D eigenvalue weighted by atomic mass is 16.6. The number of rotatable bonds is 7. The Morgan fingerprint density at radius 1 is 1.18 bits per heavy atom. The second-order valence-corrected chi connectivity index (χ2v) is 10.9. The number of hydrogen-bond acceptors (Lipinski definition) is 7. The number of carbonyl (C=O) groups excluding carboxylic acids is 3. The number of amides is 3. The van der Waals surface area contributed by atoms with Crippen LogP contribution >= 0.6 is 0 Å². The van der Waals surface area contributed by atoms with Crippen molar-refractivity contribution in [3.05, 3.63) is 47.4 Å². The predicted octanol–water partition coefficient (Wildman–Crippen LogP) is 2.63. The molecule has 1 aromatic carbocycles. The maximum atomic E-state index is 12.8. The highest BCUT2D eigenvalue weighted by Crippen LogP contribution is 2.27. The highest BCUT2D eigenvalue weighted by molar-refractivity contribution is 5.99. The lowest BCUT2D eigenvalue weighted by molar-refractivity contribution is -0.126. The lowest BCUT2D eigenvalue weighted by Crippen LogP contribution is -2.53. The molecule has 1 aliphatic heterocycles. The summed E-state index contributed by atoms with van der Waals surface area (Å²) in [5.41, 5.74) is 1.75. The number of alkyl carbamates (subject to hydrolysis) is 1. The van der Waals surface area contributed by atoms with Crippen LogP contribution < -0.4 is 20.9 Å². The molecule has 4 rings (SSSR count). The van der Waals surface area contributed by atoms with Gasteiger partial charge in [0.2, 0.25) is 12.3 Å². The number of carbonyl (C=O) groups is 3. The summed E-state index contributed by atoms with van der Waals surface area (Å²) in [5.74, 6) is -0.0719. The van der Waals surface area contributed by atoms with Gasteiger partial charge in [-0.05, 0) is 58.1 Å². The minimum Gasteiger partial charge on any atom is -0.444 e. The maximum absolute atomic E-state index is 12.8. The van der Waals surface area contributed by atoms with Crippen LogP contribution in [0.5, 0.6) is 0 Å². The van der Waals surface area contributed by atoms with E-state index < -0.39 is 18.0 Å². The molecule has 2 heterocycles. The number of nitrogens with one attached hydrogen (secondary N) is 3. The SMILES string of the molecule is CCn1cnc2c1C(=O)NC(O)N2Cc1ccc(CNC(=O)[C@@H]2CCC[C@H](NC(=O)OC(C)(C)C)C2)cc1.